The third-order valence-electron chi connectivity index (χ3n) is 4.38. The average molecular weight is 538 g/mol. The summed E-state index contributed by atoms with van der Waals surface area (Å²) in [6.07, 6.45) is 0.171. The van der Waals surface area contributed by atoms with E-state index in [1.165, 1.54) is 0 Å². The van der Waals surface area contributed by atoms with Crippen LogP contribution in [0.1, 0.15) is 20.3 Å². The number of halogens is 1. The van der Waals surface area contributed by atoms with Gasteiger partial charge in [0.05, 0.1) is 17.3 Å². The molecule has 1 saturated heterocycles. The summed E-state index contributed by atoms with van der Waals surface area (Å²) in [5, 5.41) is 3.24. The minimum atomic E-state index is -3.28. The van der Waals surface area contributed by atoms with Crippen molar-refractivity contribution in [1.82, 2.24) is 15.1 Å². The largest absolute Gasteiger partial charge is 0.450 e. The van der Waals surface area contributed by atoms with E-state index in [-0.39, 0.29) is 35.8 Å². The molecule has 0 atom stereocenters. The molecule has 0 saturated carbocycles. The molecule has 10 heteroatoms. The molecule has 164 valence electrons. The Hall–Kier alpha value is -1.56. The normalized spacial score (nSPS) is 14.9. The van der Waals surface area contributed by atoms with E-state index in [2.05, 4.69) is 15.2 Å². The summed E-state index contributed by atoms with van der Waals surface area (Å²) in [7, 11) is -3.28. The molecule has 2 rings (SSSR count). The fraction of sp³-hybridized carbons (Fsp3) is 0.579. The first kappa shape index (κ1) is 25.5. The number of nitrogens with one attached hydrogen (secondary N) is 1. The summed E-state index contributed by atoms with van der Waals surface area (Å²) in [4.78, 5) is 20.5. The standard InChI is InChI=1S/C19H30N4O4S.HI/c1-3-20-18(22-12-14-23(15-13-22)19(24)27-4-2)21-11-8-16-28(25,26)17-9-6-5-7-10-17;/h5-7,9-10H,3-4,8,11-16H2,1-2H3,(H,20,21);1H. The zero-order valence-corrected chi connectivity index (χ0v) is 20.2. The Balaban J connectivity index is 0.00000420. The van der Waals surface area contributed by atoms with Gasteiger partial charge in [0.1, 0.15) is 0 Å². The number of nitrogens with zero attached hydrogens (tertiary/aromatic N) is 3. The maximum Gasteiger partial charge on any atom is 0.409 e. The predicted octanol–water partition coefficient (Wildman–Crippen LogP) is 2.21. The number of sulfone groups is 1. The number of ether oxygens (including phenoxy) is 1. The van der Waals surface area contributed by atoms with E-state index < -0.39 is 9.84 Å². The number of aliphatic imine (C=N–C) groups is 1. The number of carbonyl (C=O) groups is 1. The van der Waals surface area contributed by atoms with Gasteiger partial charge in [-0.1, -0.05) is 18.2 Å². The SMILES string of the molecule is CCNC(=NCCCS(=O)(=O)c1ccccc1)N1CCN(C(=O)OCC)CC1.I. The van der Waals surface area contributed by atoms with Gasteiger partial charge in [-0.2, -0.15) is 0 Å². The van der Waals surface area contributed by atoms with Crippen molar-refractivity contribution < 1.29 is 17.9 Å². The first-order chi connectivity index (χ1) is 13.5. The van der Waals surface area contributed by atoms with E-state index in [4.69, 9.17) is 4.74 Å². The molecule has 0 bridgehead atoms. The van der Waals surface area contributed by atoms with Crippen molar-refractivity contribution in [2.24, 2.45) is 4.99 Å². The molecule has 29 heavy (non-hydrogen) atoms. The number of benzene rings is 1. The van der Waals surface area contributed by atoms with Crippen molar-refractivity contribution in [2.75, 3.05) is 51.6 Å². The molecule has 1 N–H and O–H groups in total. The van der Waals surface area contributed by atoms with Gasteiger partial charge in [-0.15, -0.1) is 24.0 Å². The second kappa shape index (κ2) is 12.9. The van der Waals surface area contributed by atoms with Crippen LogP contribution in [0.4, 0.5) is 4.79 Å². The molecule has 0 spiro atoms. The molecule has 1 heterocycles. The monoisotopic (exact) mass is 538 g/mol. The highest BCUT2D eigenvalue weighted by Gasteiger charge is 2.23. The van der Waals surface area contributed by atoms with Gasteiger partial charge in [0.2, 0.25) is 0 Å². The average Bonchev–Trinajstić information content (AvgIpc) is 2.71. The molecule has 0 radical (unpaired) electrons. The quantitative estimate of drug-likeness (QED) is 0.248. The van der Waals surface area contributed by atoms with Crippen LogP contribution < -0.4 is 5.32 Å². The van der Waals surface area contributed by atoms with Crippen LogP contribution >= 0.6 is 24.0 Å². The van der Waals surface area contributed by atoms with Crippen molar-refractivity contribution >= 4 is 45.9 Å². The lowest BCUT2D eigenvalue weighted by atomic mass is 10.3. The smallest absolute Gasteiger partial charge is 0.409 e. The van der Waals surface area contributed by atoms with Crippen LogP contribution in [0.15, 0.2) is 40.2 Å². The van der Waals surface area contributed by atoms with Crippen molar-refractivity contribution in [3.05, 3.63) is 30.3 Å². The lowest BCUT2D eigenvalue weighted by Gasteiger charge is -2.35. The van der Waals surface area contributed by atoms with Gasteiger partial charge < -0.3 is 19.9 Å². The van der Waals surface area contributed by atoms with E-state index in [1.54, 1.807) is 42.2 Å². The van der Waals surface area contributed by atoms with Gasteiger partial charge in [-0.05, 0) is 32.4 Å². The van der Waals surface area contributed by atoms with Crippen molar-refractivity contribution in [2.45, 2.75) is 25.2 Å². The maximum absolute atomic E-state index is 12.3. The Morgan fingerprint density at radius 1 is 1.10 bits per heavy atom. The molecule has 0 unspecified atom stereocenters. The predicted molar refractivity (Wildman–Crippen MR) is 125 cm³/mol. The van der Waals surface area contributed by atoms with Crippen molar-refractivity contribution in [3.8, 4) is 0 Å². The lowest BCUT2D eigenvalue weighted by molar-refractivity contribution is 0.0914. The molecule has 8 nitrogen and oxygen atoms in total. The first-order valence-electron chi connectivity index (χ1n) is 9.70. The highest BCUT2D eigenvalue weighted by molar-refractivity contribution is 14.0. The fourth-order valence-corrected chi connectivity index (χ4v) is 4.24. The van der Waals surface area contributed by atoms with Gasteiger partial charge >= 0.3 is 6.09 Å². The van der Waals surface area contributed by atoms with E-state index in [1.807, 2.05) is 6.92 Å². The van der Waals surface area contributed by atoms with Crippen LogP contribution in [0.5, 0.6) is 0 Å². The Bertz CT molecular complexity index is 751. The van der Waals surface area contributed by atoms with E-state index in [0.717, 1.165) is 12.5 Å². The number of carbonyl (C=O) groups excluding carboxylic acids is 1. The van der Waals surface area contributed by atoms with Crippen LogP contribution in [-0.2, 0) is 14.6 Å². The minimum Gasteiger partial charge on any atom is -0.450 e. The molecule has 1 aliphatic heterocycles. The number of hydrogen-bond donors (Lipinski definition) is 1. The lowest BCUT2D eigenvalue weighted by Crippen LogP contribution is -2.53. The van der Waals surface area contributed by atoms with Crippen LogP contribution in [0.3, 0.4) is 0 Å². The minimum absolute atomic E-state index is 0. The number of hydrogen-bond acceptors (Lipinski definition) is 5. The Labute approximate surface area is 190 Å². The second-order valence-corrected chi connectivity index (χ2v) is 8.50. The summed E-state index contributed by atoms with van der Waals surface area (Å²) in [6.45, 7) is 7.77. The van der Waals surface area contributed by atoms with Crippen LogP contribution in [0.25, 0.3) is 0 Å². The Kier molecular flexibility index (Phi) is 11.3. The highest BCUT2D eigenvalue weighted by Crippen LogP contribution is 2.11. The van der Waals surface area contributed by atoms with Gasteiger partial charge in [0, 0.05) is 39.3 Å². The van der Waals surface area contributed by atoms with Gasteiger partial charge in [-0.3, -0.25) is 4.99 Å². The molecule has 1 fully saturated rings. The first-order valence-corrected chi connectivity index (χ1v) is 11.4. The summed E-state index contributed by atoms with van der Waals surface area (Å²) in [6, 6.07) is 8.49. The number of guanidine groups is 1. The number of piperazine rings is 1. The van der Waals surface area contributed by atoms with Gasteiger partial charge in [0.25, 0.3) is 0 Å². The Morgan fingerprint density at radius 3 is 2.31 bits per heavy atom. The summed E-state index contributed by atoms with van der Waals surface area (Å²) < 4.78 is 29.7. The molecule has 0 aromatic heterocycles. The molecule has 1 aliphatic rings. The molecule has 0 aliphatic carbocycles. The number of rotatable bonds is 7. The molecule has 1 amide bonds. The zero-order valence-electron chi connectivity index (χ0n) is 17.0. The third kappa shape index (κ3) is 8.00. The van der Waals surface area contributed by atoms with Gasteiger partial charge in [0.15, 0.2) is 15.8 Å². The molecule has 1 aromatic rings. The summed E-state index contributed by atoms with van der Waals surface area (Å²) in [5.74, 6) is 0.819. The van der Waals surface area contributed by atoms with Crippen LogP contribution in [0.2, 0.25) is 0 Å². The van der Waals surface area contributed by atoms with Crippen LogP contribution in [0, 0.1) is 0 Å². The van der Waals surface area contributed by atoms with E-state index >= 15 is 0 Å². The highest BCUT2D eigenvalue weighted by atomic mass is 127. The fourth-order valence-electron chi connectivity index (χ4n) is 2.93. The van der Waals surface area contributed by atoms with E-state index in [9.17, 15) is 13.2 Å². The Morgan fingerprint density at radius 2 is 1.72 bits per heavy atom. The summed E-state index contributed by atoms with van der Waals surface area (Å²) in [5.41, 5.74) is 0. The third-order valence-corrected chi connectivity index (χ3v) is 6.19. The molecule has 1 aromatic carbocycles. The second-order valence-electron chi connectivity index (χ2n) is 6.39. The zero-order chi connectivity index (χ0) is 20.4. The van der Waals surface area contributed by atoms with E-state index in [0.29, 0.717) is 50.6 Å². The van der Waals surface area contributed by atoms with Crippen LogP contribution in [-0.4, -0.2) is 81.9 Å². The summed E-state index contributed by atoms with van der Waals surface area (Å²) >= 11 is 0. The topological polar surface area (TPSA) is 91.3 Å². The molecular weight excluding hydrogens is 507 g/mol. The van der Waals surface area contributed by atoms with Crippen molar-refractivity contribution in [1.29, 1.82) is 0 Å². The number of amides is 1. The molecular formula is C19H31IN4O4S. The maximum atomic E-state index is 12.3. The van der Waals surface area contributed by atoms with Gasteiger partial charge in [-0.25, -0.2) is 13.2 Å². The van der Waals surface area contributed by atoms with Crippen molar-refractivity contribution in [3.63, 3.8) is 0 Å².